The van der Waals surface area contributed by atoms with Gasteiger partial charge in [-0.1, -0.05) is 11.6 Å². The van der Waals surface area contributed by atoms with Crippen molar-refractivity contribution in [3.8, 4) is 5.75 Å². The van der Waals surface area contributed by atoms with Crippen LogP contribution in [0.4, 0.5) is 17.5 Å². The first-order chi connectivity index (χ1) is 8.60. The lowest BCUT2D eigenvalue weighted by Crippen LogP contribution is -2.02. The van der Waals surface area contributed by atoms with Crippen molar-refractivity contribution in [3.05, 3.63) is 33.0 Å². The van der Waals surface area contributed by atoms with Crippen LogP contribution in [0.2, 0.25) is 5.02 Å². The number of methoxy groups -OCH3 is 1. The van der Waals surface area contributed by atoms with Crippen molar-refractivity contribution in [2.75, 3.05) is 18.2 Å². The Morgan fingerprint density at radius 2 is 2.22 bits per heavy atom. The molecule has 18 heavy (non-hydrogen) atoms. The van der Waals surface area contributed by atoms with Crippen molar-refractivity contribution in [2.24, 2.45) is 0 Å². The summed E-state index contributed by atoms with van der Waals surface area (Å²) < 4.78 is 6.32. The van der Waals surface area contributed by atoms with Crippen LogP contribution < -0.4 is 15.8 Å². The summed E-state index contributed by atoms with van der Waals surface area (Å²) in [6.07, 6.45) is 1.45. The number of nitrogens with one attached hydrogen (secondary N) is 1. The molecule has 0 aliphatic rings. The minimum Gasteiger partial charge on any atom is -0.495 e. The fourth-order valence-corrected chi connectivity index (χ4v) is 1.92. The Hall–Kier alpha value is -1.28. The number of anilines is 3. The number of halogens is 2. The number of ether oxygens (including phenoxy) is 1. The van der Waals surface area contributed by atoms with Gasteiger partial charge < -0.3 is 15.8 Å². The van der Waals surface area contributed by atoms with Gasteiger partial charge in [0.05, 0.1) is 19.0 Å². The van der Waals surface area contributed by atoms with Crippen molar-refractivity contribution in [2.45, 2.75) is 0 Å². The molecule has 94 valence electrons. The van der Waals surface area contributed by atoms with Crippen molar-refractivity contribution in [1.29, 1.82) is 0 Å². The van der Waals surface area contributed by atoms with E-state index < -0.39 is 0 Å². The van der Waals surface area contributed by atoms with E-state index in [0.29, 0.717) is 16.7 Å². The molecule has 0 spiro atoms. The Balaban J connectivity index is 2.33. The average Bonchev–Trinajstić information content (AvgIpc) is 2.34. The molecule has 3 N–H and O–H groups in total. The van der Waals surface area contributed by atoms with Crippen molar-refractivity contribution in [3.63, 3.8) is 0 Å². The molecule has 1 aromatic carbocycles. The van der Waals surface area contributed by atoms with Gasteiger partial charge in [-0.3, -0.25) is 0 Å². The van der Waals surface area contributed by atoms with Crippen LogP contribution in [0.5, 0.6) is 5.75 Å². The van der Waals surface area contributed by atoms with Crippen LogP contribution in [0, 0.1) is 3.57 Å². The molecule has 0 radical (unpaired) electrons. The van der Waals surface area contributed by atoms with E-state index in [1.54, 1.807) is 7.11 Å². The molecule has 1 heterocycles. The quantitative estimate of drug-likeness (QED) is 0.806. The van der Waals surface area contributed by atoms with Crippen LogP contribution in [-0.2, 0) is 0 Å². The third-order valence-electron chi connectivity index (χ3n) is 2.18. The van der Waals surface area contributed by atoms with Crippen LogP contribution >= 0.6 is 34.2 Å². The molecular weight excluding hydrogens is 367 g/mol. The molecule has 0 atom stereocenters. The second-order valence-corrected chi connectivity index (χ2v) is 5.05. The zero-order chi connectivity index (χ0) is 13.1. The number of nitrogens with zero attached hydrogens (tertiary/aromatic N) is 2. The first kappa shape index (κ1) is 13.2. The Labute approximate surface area is 123 Å². The maximum Gasteiger partial charge on any atom is 0.229 e. The Kier molecular flexibility index (Phi) is 4.07. The van der Waals surface area contributed by atoms with E-state index in [1.807, 2.05) is 18.2 Å². The van der Waals surface area contributed by atoms with E-state index >= 15 is 0 Å². The van der Waals surface area contributed by atoms with E-state index in [4.69, 9.17) is 22.1 Å². The van der Waals surface area contributed by atoms with Gasteiger partial charge in [-0.05, 0) is 40.8 Å². The fourth-order valence-electron chi connectivity index (χ4n) is 1.34. The first-order valence-corrected chi connectivity index (χ1v) is 6.44. The second-order valence-electron chi connectivity index (χ2n) is 3.40. The maximum atomic E-state index is 5.76. The van der Waals surface area contributed by atoms with Crippen molar-refractivity contribution < 1.29 is 4.74 Å². The fraction of sp³-hybridized carbons (Fsp3) is 0.0909. The zero-order valence-electron chi connectivity index (χ0n) is 9.45. The van der Waals surface area contributed by atoms with Gasteiger partial charge in [0.25, 0.3) is 0 Å². The molecule has 0 saturated carbocycles. The lowest BCUT2D eigenvalue weighted by Gasteiger charge is -2.10. The maximum absolute atomic E-state index is 5.76. The van der Waals surface area contributed by atoms with Crippen LogP contribution in [0.3, 0.4) is 0 Å². The summed E-state index contributed by atoms with van der Waals surface area (Å²) >= 11 is 7.97. The lowest BCUT2D eigenvalue weighted by atomic mass is 10.3. The smallest absolute Gasteiger partial charge is 0.229 e. The summed E-state index contributed by atoms with van der Waals surface area (Å²) in [6.45, 7) is 0. The van der Waals surface area contributed by atoms with E-state index in [0.717, 1.165) is 9.26 Å². The highest BCUT2D eigenvalue weighted by Crippen LogP contribution is 2.28. The highest BCUT2D eigenvalue weighted by atomic mass is 127. The first-order valence-electron chi connectivity index (χ1n) is 4.98. The number of hydrogen-bond acceptors (Lipinski definition) is 5. The molecule has 0 saturated heterocycles. The molecule has 0 bridgehead atoms. The summed E-state index contributed by atoms with van der Waals surface area (Å²) in [5.41, 5.74) is 6.39. The largest absolute Gasteiger partial charge is 0.495 e. The summed E-state index contributed by atoms with van der Waals surface area (Å²) in [7, 11) is 1.60. The van der Waals surface area contributed by atoms with Gasteiger partial charge in [0.15, 0.2) is 0 Å². The predicted molar refractivity (Wildman–Crippen MR) is 80.4 cm³/mol. The van der Waals surface area contributed by atoms with Crippen LogP contribution in [0.1, 0.15) is 0 Å². The molecular formula is C11H10ClIN4O. The Morgan fingerprint density at radius 1 is 1.44 bits per heavy atom. The van der Waals surface area contributed by atoms with Gasteiger partial charge in [0.1, 0.15) is 16.6 Å². The Bertz CT molecular complexity index is 579. The number of rotatable bonds is 3. The van der Waals surface area contributed by atoms with Gasteiger partial charge in [-0.25, -0.2) is 4.98 Å². The van der Waals surface area contributed by atoms with E-state index in [2.05, 4.69) is 37.9 Å². The monoisotopic (exact) mass is 376 g/mol. The predicted octanol–water partition coefficient (Wildman–Crippen LogP) is 3.07. The Morgan fingerprint density at radius 3 is 2.89 bits per heavy atom. The SMILES string of the molecule is COc1ccc(I)cc1Nc1ncc(Cl)c(N)n1. The number of nitrogens with two attached hydrogens (primary N) is 1. The number of nitrogen functional groups attached to an aromatic ring is 1. The third kappa shape index (κ3) is 2.94. The molecule has 0 unspecified atom stereocenters. The van der Waals surface area contributed by atoms with Crippen molar-refractivity contribution in [1.82, 2.24) is 9.97 Å². The van der Waals surface area contributed by atoms with E-state index in [9.17, 15) is 0 Å². The van der Waals surface area contributed by atoms with Gasteiger partial charge in [-0.2, -0.15) is 4.98 Å². The molecule has 7 heteroatoms. The summed E-state index contributed by atoms with van der Waals surface area (Å²) in [4.78, 5) is 8.09. The van der Waals surface area contributed by atoms with E-state index in [1.165, 1.54) is 6.20 Å². The number of hydrogen-bond donors (Lipinski definition) is 2. The summed E-state index contributed by atoms with van der Waals surface area (Å²) in [6, 6.07) is 5.73. The molecule has 5 nitrogen and oxygen atoms in total. The van der Waals surface area contributed by atoms with Gasteiger partial charge in [0.2, 0.25) is 5.95 Å². The minimum absolute atomic E-state index is 0.235. The van der Waals surface area contributed by atoms with Gasteiger partial charge in [0, 0.05) is 3.57 Å². The molecule has 0 fully saturated rings. The highest BCUT2D eigenvalue weighted by molar-refractivity contribution is 14.1. The van der Waals surface area contributed by atoms with Crippen LogP contribution in [-0.4, -0.2) is 17.1 Å². The minimum atomic E-state index is 0.235. The number of aromatic nitrogens is 2. The molecule has 0 aliphatic carbocycles. The topological polar surface area (TPSA) is 73.1 Å². The normalized spacial score (nSPS) is 10.2. The molecule has 2 rings (SSSR count). The second kappa shape index (κ2) is 5.57. The zero-order valence-corrected chi connectivity index (χ0v) is 12.4. The van der Waals surface area contributed by atoms with Gasteiger partial charge >= 0.3 is 0 Å². The summed E-state index contributed by atoms with van der Waals surface area (Å²) in [5, 5.41) is 3.37. The van der Waals surface area contributed by atoms with Crippen molar-refractivity contribution >= 4 is 51.6 Å². The average molecular weight is 377 g/mol. The lowest BCUT2D eigenvalue weighted by molar-refractivity contribution is 0.416. The van der Waals surface area contributed by atoms with Crippen LogP contribution in [0.25, 0.3) is 0 Å². The molecule has 1 aromatic heterocycles. The molecule has 0 amide bonds. The summed E-state index contributed by atoms with van der Waals surface area (Å²) in [5.74, 6) is 1.31. The standard InChI is InChI=1S/C11H10ClIN4O/c1-18-9-3-2-6(13)4-8(9)16-11-15-5-7(12)10(14)17-11/h2-5H,1H3,(H3,14,15,16,17). The highest BCUT2D eigenvalue weighted by Gasteiger charge is 2.07. The van der Waals surface area contributed by atoms with E-state index in [-0.39, 0.29) is 5.82 Å². The number of benzene rings is 1. The molecule has 0 aliphatic heterocycles. The third-order valence-corrected chi connectivity index (χ3v) is 3.14. The van der Waals surface area contributed by atoms with Gasteiger partial charge in [-0.15, -0.1) is 0 Å². The molecule has 2 aromatic rings. The van der Waals surface area contributed by atoms with Crippen LogP contribution in [0.15, 0.2) is 24.4 Å².